The molecule has 0 radical (unpaired) electrons. The minimum absolute atomic E-state index is 0.352. The van der Waals surface area contributed by atoms with E-state index in [1.165, 1.54) is 6.42 Å². The Morgan fingerprint density at radius 2 is 2.35 bits per heavy atom. The Morgan fingerprint density at radius 3 is 3.00 bits per heavy atom. The first-order chi connectivity index (χ1) is 8.18. The van der Waals surface area contributed by atoms with Gasteiger partial charge in [-0.15, -0.1) is 0 Å². The molecule has 1 aliphatic heterocycles. The summed E-state index contributed by atoms with van der Waals surface area (Å²) in [6.45, 7) is 8.05. The minimum atomic E-state index is 0.352. The molecule has 5 nitrogen and oxygen atoms in total. The van der Waals surface area contributed by atoms with E-state index in [9.17, 15) is 0 Å². The van der Waals surface area contributed by atoms with E-state index in [-0.39, 0.29) is 0 Å². The van der Waals surface area contributed by atoms with Crippen molar-refractivity contribution in [2.24, 2.45) is 0 Å². The van der Waals surface area contributed by atoms with Crippen LogP contribution in [0.1, 0.15) is 45.5 Å². The van der Waals surface area contributed by atoms with E-state index in [0.717, 1.165) is 25.4 Å². The van der Waals surface area contributed by atoms with E-state index in [4.69, 9.17) is 4.74 Å². The molecule has 1 N–H and O–H groups in total. The van der Waals surface area contributed by atoms with Crippen LogP contribution < -0.4 is 5.32 Å². The number of aromatic nitrogens is 3. The quantitative estimate of drug-likeness (QED) is 0.845. The van der Waals surface area contributed by atoms with Crippen LogP contribution in [0.4, 0.5) is 0 Å². The molecule has 0 spiro atoms. The minimum Gasteiger partial charge on any atom is -0.377 e. The fourth-order valence-corrected chi connectivity index (χ4v) is 2.21. The van der Waals surface area contributed by atoms with Crippen LogP contribution in [0.5, 0.6) is 0 Å². The van der Waals surface area contributed by atoms with Gasteiger partial charge in [-0.25, -0.2) is 9.67 Å². The normalized spacial score (nSPS) is 22.2. The molecule has 1 fully saturated rings. The summed E-state index contributed by atoms with van der Waals surface area (Å²) < 4.78 is 7.61. The molecule has 96 valence electrons. The van der Waals surface area contributed by atoms with E-state index >= 15 is 0 Å². The Labute approximate surface area is 103 Å². The number of nitrogens with zero attached hydrogens (tertiary/aromatic N) is 3. The summed E-state index contributed by atoms with van der Waals surface area (Å²) in [5, 5.41) is 7.70. The summed E-state index contributed by atoms with van der Waals surface area (Å²) in [6.07, 6.45) is 4.31. The van der Waals surface area contributed by atoms with Gasteiger partial charge in [0.05, 0.1) is 12.6 Å². The molecule has 0 amide bonds. The predicted octanol–water partition coefficient (Wildman–Crippen LogP) is 1.52. The van der Waals surface area contributed by atoms with Crippen molar-refractivity contribution >= 4 is 0 Å². The highest BCUT2D eigenvalue weighted by molar-refractivity contribution is 4.88. The first kappa shape index (κ1) is 12.5. The fraction of sp³-hybridized carbons (Fsp3) is 0.833. The molecule has 0 saturated carbocycles. The zero-order valence-corrected chi connectivity index (χ0v) is 10.9. The van der Waals surface area contributed by atoms with Crippen molar-refractivity contribution in [1.29, 1.82) is 0 Å². The Bertz CT molecular complexity index is 344. The molecule has 2 rings (SSSR count). The third-order valence-corrected chi connectivity index (χ3v) is 3.24. The van der Waals surface area contributed by atoms with Gasteiger partial charge >= 0.3 is 0 Å². The van der Waals surface area contributed by atoms with Crippen LogP contribution in [0, 0.1) is 0 Å². The van der Waals surface area contributed by atoms with E-state index in [0.29, 0.717) is 18.2 Å². The average Bonchev–Trinajstić information content (AvgIpc) is 2.96. The van der Waals surface area contributed by atoms with Crippen LogP contribution in [0.2, 0.25) is 0 Å². The molecular formula is C12H22N4O. The molecule has 0 aromatic carbocycles. The third-order valence-electron chi connectivity index (χ3n) is 3.24. The zero-order chi connectivity index (χ0) is 12.3. The lowest BCUT2D eigenvalue weighted by molar-refractivity contribution is 0.0828. The monoisotopic (exact) mass is 238 g/mol. The fourth-order valence-electron chi connectivity index (χ4n) is 2.21. The van der Waals surface area contributed by atoms with Gasteiger partial charge in [-0.05, 0) is 33.6 Å². The van der Waals surface area contributed by atoms with Crippen LogP contribution in [0.15, 0.2) is 6.33 Å². The SMILES string of the molecule is CC(NCc1ncnn1C(C)C)C1CCCO1. The number of hydrogen-bond donors (Lipinski definition) is 1. The second-order valence-electron chi connectivity index (χ2n) is 4.94. The highest BCUT2D eigenvalue weighted by Gasteiger charge is 2.22. The van der Waals surface area contributed by atoms with E-state index < -0.39 is 0 Å². The topological polar surface area (TPSA) is 52.0 Å². The second-order valence-corrected chi connectivity index (χ2v) is 4.94. The maximum atomic E-state index is 5.66. The van der Waals surface area contributed by atoms with Crippen LogP contribution in [0.3, 0.4) is 0 Å². The van der Waals surface area contributed by atoms with Gasteiger partial charge in [0.15, 0.2) is 0 Å². The van der Waals surface area contributed by atoms with Crippen LogP contribution in [-0.2, 0) is 11.3 Å². The van der Waals surface area contributed by atoms with Crippen LogP contribution >= 0.6 is 0 Å². The van der Waals surface area contributed by atoms with Gasteiger partial charge in [0.1, 0.15) is 12.2 Å². The largest absolute Gasteiger partial charge is 0.377 e. The predicted molar refractivity (Wildman–Crippen MR) is 65.7 cm³/mol. The van der Waals surface area contributed by atoms with Gasteiger partial charge in [0, 0.05) is 18.7 Å². The van der Waals surface area contributed by atoms with Crippen molar-refractivity contribution < 1.29 is 4.74 Å². The van der Waals surface area contributed by atoms with Crippen molar-refractivity contribution in [2.75, 3.05) is 6.61 Å². The van der Waals surface area contributed by atoms with Gasteiger partial charge in [-0.2, -0.15) is 5.10 Å². The lowest BCUT2D eigenvalue weighted by Crippen LogP contribution is -2.37. The number of rotatable bonds is 5. The first-order valence-electron chi connectivity index (χ1n) is 6.42. The molecule has 2 atom stereocenters. The summed E-state index contributed by atoms with van der Waals surface area (Å²) in [5.74, 6) is 0.991. The summed E-state index contributed by atoms with van der Waals surface area (Å²) >= 11 is 0. The highest BCUT2D eigenvalue weighted by atomic mass is 16.5. The second kappa shape index (κ2) is 5.60. The third kappa shape index (κ3) is 3.04. The molecule has 1 aromatic heterocycles. The Morgan fingerprint density at radius 1 is 1.53 bits per heavy atom. The zero-order valence-electron chi connectivity index (χ0n) is 10.9. The number of hydrogen-bond acceptors (Lipinski definition) is 4. The standard InChI is InChI=1S/C12H22N4O/c1-9(2)16-12(14-8-15-16)7-13-10(3)11-5-4-6-17-11/h8-11,13H,4-7H2,1-3H3. The first-order valence-corrected chi connectivity index (χ1v) is 6.42. The van der Waals surface area contributed by atoms with Crippen molar-refractivity contribution in [3.63, 3.8) is 0 Å². The lowest BCUT2D eigenvalue weighted by Gasteiger charge is -2.20. The Balaban J connectivity index is 1.86. The molecule has 0 bridgehead atoms. The molecular weight excluding hydrogens is 216 g/mol. The molecule has 2 heterocycles. The van der Waals surface area contributed by atoms with E-state index in [1.807, 2.05) is 4.68 Å². The van der Waals surface area contributed by atoms with Gasteiger partial charge in [-0.3, -0.25) is 0 Å². The summed E-state index contributed by atoms with van der Waals surface area (Å²) in [4.78, 5) is 4.28. The van der Waals surface area contributed by atoms with Crippen LogP contribution in [-0.4, -0.2) is 33.5 Å². The van der Waals surface area contributed by atoms with Gasteiger partial charge in [0.2, 0.25) is 0 Å². The molecule has 5 heteroatoms. The van der Waals surface area contributed by atoms with Gasteiger partial charge in [-0.1, -0.05) is 0 Å². The molecule has 0 aliphatic carbocycles. The van der Waals surface area contributed by atoms with Gasteiger partial charge < -0.3 is 10.1 Å². The van der Waals surface area contributed by atoms with Crippen molar-refractivity contribution in [3.8, 4) is 0 Å². The lowest BCUT2D eigenvalue weighted by atomic mass is 10.1. The Hall–Kier alpha value is -0.940. The molecule has 1 aromatic rings. The number of nitrogens with one attached hydrogen (secondary N) is 1. The molecule has 17 heavy (non-hydrogen) atoms. The van der Waals surface area contributed by atoms with Crippen molar-refractivity contribution in [1.82, 2.24) is 20.1 Å². The van der Waals surface area contributed by atoms with E-state index in [1.54, 1.807) is 6.33 Å². The van der Waals surface area contributed by atoms with Crippen molar-refractivity contribution in [2.45, 2.75) is 58.3 Å². The maximum Gasteiger partial charge on any atom is 0.141 e. The van der Waals surface area contributed by atoms with Crippen molar-refractivity contribution in [3.05, 3.63) is 12.2 Å². The summed E-state index contributed by atoms with van der Waals surface area (Å²) in [5.41, 5.74) is 0. The number of ether oxygens (including phenoxy) is 1. The molecule has 1 saturated heterocycles. The Kier molecular flexibility index (Phi) is 4.12. The van der Waals surface area contributed by atoms with Crippen LogP contribution in [0.25, 0.3) is 0 Å². The summed E-state index contributed by atoms with van der Waals surface area (Å²) in [7, 11) is 0. The molecule has 1 aliphatic rings. The average molecular weight is 238 g/mol. The van der Waals surface area contributed by atoms with E-state index in [2.05, 4.69) is 36.2 Å². The molecule has 2 unspecified atom stereocenters. The highest BCUT2D eigenvalue weighted by Crippen LogP contribution is 2.15. The summed E-state index contributed by atoms with van der Waals surface area (Å²) in [6, 6.07) is 0.724. The van der Waals surface area contributed by atoms with Gasteiger partial charge in [0.25, 0.3) is 0 Å². The maximum absolute atomic E-state index is 5.66. The smallest absolute Gasteiger partial charge is 0.141 e.